The monoisotopic (exact) mass is 534 g/mol. The van der Waals surface area contributed by atoms with E-state index in [1.54, 1.807) is 36.3 Å². The molecule has 2 aromatic rings. The molecule has 7 nitrogen and oxygen atoms in total. The van der Waals surface area contributed by atoms with Gasteiger partial charge in [0.2, 0.25) is 0 Å². The number of carbonyl (C=O) groups excluding carboxylic acids is 2. The number of carbonyl (C=O) groups is 2. The number of methoxy groups -OCH3 is 1. The fourth-order valence-corrected chi connectivity index (χ4v) is 5.38. The van der Waals surface area contributed by atoms with Crippen LogP contribution in [0.1, 0.15) is 42.1 Å². The second-order valence-electron chi connectivity index (χ2n) is 9.80. The van der Waals surface area contributed by atoms with Gasteiger partial charge < -0.3 is 19.1 Å². The maximum Gasteiger partial charge on any atom is 0.490 e. The molecule has 2 aliphatic heterocycles. The third kappa shape index (κ3) is 6.23. The zero-order valence-corrected chi connectivity index (χ0v) is 21.6. The molecule has 0 aliphatic carbocycles. The number of amides is 1. The fraction of sp³-hybridized carbons (Fsp3) is 0.500. The predicted molar refractivity (Wildman–Crippen MR) is 134 cm³/mol. The predicted octanol–water partition coefficient (Wildman–Crippen LogP) is 4.70. The summed E-state index contributed by atoms with van der Waals surface area (Å²) >= 11 is 0. The Labute approximate surface area is 220 Å². The number of alkyl halides is 3. The summed E-state index contributed by atoms with van der Waals surface area (Å²) < 4.78 is 55.5. The molecule has 2 aliphatic rings. The Bertz CT molecular complexity index is 1110. The lowest BCUT2D eigenvalue weighted by molar-refractivity contribution is -0.216. The van der Waals surface area contributed by atoms with Crippen LogP contribution in [0.3, 0.4) is 0 Å². The highest BCUT2D eigenvalue weighted by Gasteiger charge is 2.51. The molecule has 2 heterocycles. The number of hydrogen-bond donors (Lipinski definition) is 0. The molecule has 0 radical (unpaired) electrons. The molecule has 0 N–H and O–H groups in total. The summed E-state index contributed by atoms with van der Waals surface area (Å²) in [6.07, 6.45) is -4.55. The summed E-state index contributed by atoms with van der Waals surface area (Å²) in [5.41, 5.74) is 0.809. The second kappa shape index (κ2) is 11.6. The number of halogens is 3. The number of para-hydroxylation sites is 1. The Morgan fingerprint density at radius 2 is 1.66 bits per heavy atom. The highest BCUT2D eigenvalue weighted by atomic mass is 19.4. The van der Waals surface area contributed by atoms with E-state index in [-0.39, 0.29) is 12.5 Å². The average Bonchev–Trinajstić information content (AvgIpc) is 2.91. The highest BCUT2D eigenvalue weighted by molar-refractivity contribution is 5.94. The minimum absolute atomic E-state index is 0.142. The van der Waals surface area contributed by atoms with E-state index in [0.717, 1.165) is 11.3 Å². The Morgan fingerprint density at radius 3 is 2.29 bits per heavy atom. The van der Waals surface area contributed by atoms with E-state index in [4.69, 9.17) is 14.2 Å². The third-order valence-electron chi connectivity index (χ3n) is 7.56. The Morgan fingerprint density at radius 1 is 1.00 bits per heavy atom. The number of nitrogens with zero attached hydrogens (tertiary/aromatic N) is 2. The first-order valence-corrected chi connectivity index (χ1v) is 12.8. The van der Waals surface area contributed by atoms with Crippen LogP contribution in [0.15, 0.2) is 48.5 Å². The van der Waals surface area contributed by atoms with E-state index in [0.29, 0.717) is 63.4 Å². The molecule has 10 heteroatoms. The maximum atomic E-state index is 13.2. The summed E-state index contributed by atoms with van der Waals surface area (Å²) in [6.45, 7) is 4.41. The molecule has 4 rings (SSSR count). The summed E-state index contributed by atoms with van der Waals surface area (Å²) in [7, 11) is 1.55. The highest BCUT2D eigenvalue weighted by Crippen LogP contribution is 2.44. The van der Waals surface area contributed by atoms with Crippen LogP contribution in [0, 0.1) is 5.41 Å². The summed E-state index contributed by atoms with van der Waals surface area (Å²) in [4.78, 5) is 28.7. The molecule has 206 valence electrons. The largest absolute Gasteiger partial charge is 0.497 e. The van der Waals surface area contributed by atoms with Crippen molar-refractivity contribution in [2.45, 2.75) is 45.0 Å². The van der Waals surface area contributed by atoms with Crippen molar-refractivity contribution in [2.24, 2.45) is 5.41 Å². The lowest BCUT2D eigenvalue weighted by Crippen LogP contribution is -2.57. The van der Waals surface area contributed by atoms with Crippen molar-refractivity contribution in [3.8, 4) is 11.5 Å². The summed E-state index contributed by atoms with van der Waals surface area (Å²) in [6, 6.07) is 14.4. The van der Waals surface area contributed by atoms with E-state index in [2.05, 4.69) is 0 Å². The number of esters is 1. The number of ether oxygens (including phenoxy) is 3. The molecule has 2 fully saturated rings. The summed E-state index contributed by atoms with van der Waals surface area (Å²) in [5.74, 6) is -0.944. The van der Waals surface area contributed by atoms with E-state index >= 15 is 0 Å². The molecular formula is C28H33F3N2O5. The van der Waals surface area contributed by atoms with Gasteiger partial charge in [0.25, 0.3) is 5.91 Å². The van der Waals surface area contributed by atoms with Gasteiger partial charge in [-0.05, 0) is 63.1 Å². The summed E-state index contributed by atoms with van der Waals surface area (Å²) in [5, 5.41) is 0. The third-order valence-corrected chi connectivity index (χ3v) is 7.56. The molecular weight excluding hydrogens is 501 g/mol. The van der Waals surface area contributed by atoms with Gasteiger partial charge in [-0.1, -0.05) is 18.2 Å². The van der Waals surface area contributed by atoms with Gasteiger partial charge in [-0.2, -0.15) is 13.2 Å². The molecule has 2 saturated heterocycles. The van der Waals surface area contributed by atoms with E-state index in [9.17, 15) is 22.8 Å². The number of benzene rings is 2. The molecule has 1 atom stereocenters. The first-order valence-electron chi connectivity index (χ1n) is 12.8. The number of piperidine rings is 2. The lowest BCUT2D eigenvalue weighted by atomic mass is 9.69. The first kappa shape index (κ1) is 27.8. The molecule has 2 aromatic carbocycles. The molecule has 1 unspecified atom stereocenters. The standard InChI is InChI=1S/C28H33F3N2O5/c1-3-37-23-7-5-4-6-21(23)18-32-15-12-27(24(19-32)38-26(35)28(29,30)31)13-16-33(17-14-27)25(34)20-8-10-22(36-2)11-9-20/h4-11,24H,3,12-19H2,1-2H3. The topological polar surface area (TPSA) is 68.3 Å². The normalized spacial score (nSPS) is 19.7. The van der Waals surface area contributed by atoms with Gasteiger partial charge in [0.1, 0.15) is 17.6 Å². The van der Waals surface area contributed by atoms with Crippen molar-refractivity contribution in [2.75, 3.05) is 39.9 Å². The average molecular weight is 535 g/mol. The van der Waals surface area contributed by atoms with E-state index in [1.807, 2.05) is 36.1 Å². The van der Waals surface area contributed by atoms with Gasteiger partial charge >= 0.3 is 12.1 Å². The zero-order valence-electron chi connectivity index (χ0n) is 21.6. The smallest absolute Gasteiger partial charge is 0.490 e. The SMILES string of the molecule is CCOc1ccccc1CN1CCC2(CCN(C(=O)c3ccc(OC)cc3)CC2)C(OC(=O)C(F)(F)F)C1. The Kier molecular flexibility index (Phi) is 8.50. The van der Waals surface area contributed by atoms with Crippen LogP contribution in [0.5, 0.6) is 11.5 Å². The van der Waals surface area contributed by atoms with Crippen molar-refractivity contribution < 1.29 is 37.0 Å². The Balaban J connectivity index is 1.47. The lowest BCUT2D eigenvalue weighted by Gasteiger charge is -2.51. The molecule has 0 bridgehead atoms. The Hall–Kier alpha value is -3.27. The van der Waals surface area contributed by atoms with Gasteiger partial charge in [0.05, 0.1) is 13.7 Å². The molecule has 0 saturated carbocycles. The zero-order chi connectivity index (χ0) is 27.3. The maximum absolute atomic E-state index is 13.2. The van der Waals surface area contributed by atoms with Crippen LogP contribution in [0.2, 0.25) is 0 Å². The first-order chi connectivity index (χ1) is 18.1. The molecule has 1 amide bonds. The van der Waals surface area contributed by atoms with Crippen LogP contribution in [0.4, 0.5) is 13.2 Å². The quantitative estimate of drug-likeness (QED) is 0.480. The van der Waals surface area contributed by atoms with Gasteiger partial charge in [-0.15, -0.1) is 0 Å². The molecule has 1 spiro atoms. The van der Waals surface area contributed by atoms with Crippen LogP contribution < -0.4 is 9.47 Å². The van der Waals surface area contributed by atoms with Crippen molar-refractivity contribution in [3.05, 3.63) is 59.7 Å². The van der Waals surface area contributed by atoms with Crippen LogP contribution in [0.25, 0.3) is 0 Å². The number of likely N-dealkylation sites (tertiary alicyclic amines) is 2. The van der Waals surface area contributed by atoms with Gasteiger partial charge in [-0.25, -0.2) is 4.79 Å². The van der Waals surface area contributed by atoms with Crippen LogP contribution in [-0.4, -0.2) is 73.9 Å². The van der Waals surface area contributed by atoms with Crippen molar-refractivity contribution in [1.82, 2.24) is 9.80 Å². The van der Waals surface area contributed by atoms with E-state index in [1.165, 1.54) is 0 Å². The second-order valence-corrected chi connectivity index (χ2v) is 9.80. The van der Waals surface area contributed by atoms with Crippen molar-refractivity contribution in [3.63, 3.8) is 0 Å². The van der Waals surface area contributed by atoms with Gasteiger partial charge in [0, 0.05) is 42.7 Å². The van der Waals surface area contributed by atoms with Crippen LogP contribution >= 0.6 is 0 Å². The molecule has 0 aromatic heterocycles. The minimum Gasteiger partial charge on any atom is -0.497 e. The minimum atomic E-state index is -5.07. The van der Waals surface area contributed by atoms with Gasteiger partial charge in [-0.3, -0.25) is 9.69 Å². The van der Waals surface area contributed by atoms with Gasteiger partial charge in [0.15, 0.2) is 0 Å². The van der Waals surface area contributed by atoms with E-state index < -0.39 is 23.7 Å². The van der Waals surface area contributed by atoms with Crippen molar-refractivity contribution in [1.29, 1.82) is 0 Å². The molecule has 38 heavy (non-hydrogen) atoms. The van der Waals surface area contributed by atoms with Crippen LogP contribution in [-0.2, 0) is 16.1 Å². The number of rotatable bonds is 7. The number of hydrogen-bond acceptors (Lipinski definition) is 6. The van der Waals surface area contributed by atoms with Crippen molar-refractivity contribution >= 4 is 11.9 Å². The fourth-order valence-electron chi connectivity index (χ4n) is 5.38.